The molecule has 0 spiro atoms. The van der Waals surface area contributed by atoms with Gasteiger partial charge in [-0.25, -0.2) is 0 Å². The average Bonchev–Trinajstić information content (AvgIpc) is 2.67. The van der Waals surface area contributed by atoms with Crippen LogP contribution in [-0.2, 0) is 18.3 Å². The molecule has 0 aromatic carbocycles. The smallest absolute Gasteiger partial charge is 0.236 e. The summed E-state index contributed by atoms with van der Waals surface area (Å²) < 4.78 is 1.80. The Balaban J connectivity index is 1.63. The normalized spacial score (nSPS) is 16.4. The predicted octanol–water partition coefficient (Wildman–Crippen LogP) is 0.955. The van der Waals surface area contributed by atoms with E-state index in [4.69, 9.17) is 0 Å². The average molecular weight is 264 g/mol. The molecule has 106 valence electrons. The van der Waals surface area contributed by atoms with Crippen molar-refractivity contribution < 1.29 is 4.79 Å². The lowest BCUT2D eigenvalue weighted by Gasteiger charge is -2.20. The van der Waals surface area contributed by atoms with Gasteiger partial charge in [0.2, 0.25) is 5.91 Å². The lowest BCUT2D eigenvalue weighted by molar-refractivity contribution is -0.130. The Hall–Kier alpha value is -1.36. The number of aryl methyl sites for hydroxylation is 1. The third-order valence-electron chi connectivity index (χ3n) is 3.58. The Morgan fingerprint density at radius 1 is 1.32 bits per heavy atom. The molecule has 1 saturated heterocycles. The number of rotatable bonds is 5. The van der Waals surface area contributed by atoms with Crippen molar-refractivity contribution in [2.24, 2.45) is 7.05 Å². The maximum absolute atomic E-state index is 12.0. The molecular weight excluding hydrogens is 240 g/mol. The molecule has 1 aliphatic heterocycles. The van der Waals surface area contributed by atoms with Gasteiger partial charge in [-0.05, 0) is 31.4 Å². The van der Waals surface area contributed by atoms with Crippen LogP contribution in [0, 0.1) is 0 Å². The zero-order chi connectivity index (χ0) is 13.5. The second kappa shape index (κ2) is 7.28. The number of carbonyl (C=O) groups excluding carboxylic acids is 1. The first-order valence-electron chi connectivity index (χ1n) is 7.22. The second-order valence-corrected chi connectivity index (χ2v) is 5.24. The van der Waals surface area contributed by atoms with E-state index in [0.29, 0.717) is 6.54 Å². The van der Waals surface area contributed by atoms with E-state index in [2.05, 4.69) is 10.4 Å². The number of amides is 1. The summed E-state index contributed by atoms with van der Waals surface area (Å²) in [4.78, 5) is 14.0. The number of nitrogens with zero attached hydrogens (tertiary/aromatic N) is 3. The number of aromatic nitrogens is 2. The van der Waals surface area contributed by atoms with Crippen molar-refractivity contribution in [3.05, 3.63) is 18.0 Å². The summed E-state index contributed by atoms with van der Waals surface area (Å²) in [7, 11) is 1.92. The van der Waals surface area contributed by atoms with Crippen molar-refractivity contribution in [2.45, 2.75) is 32.1 Å². The molecule has 5 heteroatoms. The number of hydrogen-bond donors (Lipinski definition) is 1. The van der Waals surface area contributed by atoms with Crippen LogP contribution in [0.4, 0.5) is 0 Å². The van der Waals surface area contributed by atoms with E-state index in [-0.39, 0.29) is 5.91 Å². The van der Waals surface area contributed by atoms with E-state index >= 15 is 0 Å². The minimum Gasteiger partial charge on any atom is -0.342 e. The molecule has 1 amide bonds. The maximum atomic E-state index is 12.0. The van der Waals surface area contributed by atoms with E-state index in [9.17, 15) is 4.79 Å². The fourth-order valence-corrected chi connectivity index (χ4v) is 2.46. The van der Waals surface area contributed by atoms with Crippen LogP contribution in [0.3, 0.4) is 0 Å². The van der Waals surface area contributed by atoms with Gasteiger partial charge in [0.1, 0.15) is 0 Å². The van der Waals surface area contributed by atoms with Crippen LogP contribution < -0.4 is 5.32 Å². The number of carbonyl (C=O) groups is 1. The van der Waals surface area contributed by atoms with Crippen molar-refractivity contribution in [3.8, 4) is 0 Å². The van der Waals surface area contributed by atoms with Crippen LogP contribution in [0.2, 0.25) is 0 Å². The zero-order valence-electron chi connectivity index (χ0n) is 11.8. The summed E-state index contributed by atoms with van der Waals surface area (Å²) in [6.07, 6.45) is 9.64. The van der Waals surface area contributed by atoms with Crippen LogP contribution in [-0.4, -0.2) is 46.8 Å². The molecule has 1 aromatic rings. The Morgan fingerprint density at radius 2 is 2.05 bits per heavy atom. The van der Waals surface area contributed by atoms with Gasteiger partial charge in [-0.3, -0.25) is 9.48 Å². The Kier molecular flexibility index (Phi) is 5.39. The van der Waals surface area contributed by atoms with E-state index in [1.807, 2.05) is 24.3 Å². The minimum atomic E-state index is 0.244. The van der Waals surface area contributed by atoms with Gasteiger partial charge in [0.05, 0.1) is 12.7 Å². The molecule has 2 rings (SSSR count). The summed E-state index contributed by atoms with van der Waals surface area (Å²) in [5.41, 5.74) is 1.21. The van der Waals surface area contributed by atoms with Gasteiger partial charge in [-0.1, -0.05) is 12.8 Å². The van der Waals surface area contributed by atoms with E-state index < -0.39 is 0 Å². The van der Waals surface area contributed by atoms with E-state index in [0.717, 1.165) is 38.9 Å². The Bertz CT molecular complexity index is 394. The van der Waals surface area contributed by atoms with Gasteiger partial charge in [0, 0.05) is 26.3 Å². The molecule has 0 saturated carbocycles. The highest BCUT2D eigenvalue weighted by atomic mass is 16.2. The lowest BCUT2D eigenvalue weighted by atomic mass is 10.2. The third kappa shape index (κ3) is 4.67. The standard InChI is InChI=1S/C14H24N4O/c1-17-12-13(10-16-17)6-7-15-11-14(19)18-8-4-2-3-5-9-18/h10,12,15H,2-9,11H2,1H3. The molecule has 1 fully saturated rings. The number of hydrogen-bond acceptors (Lipinski definition) is 3. The summed E-state index contributed by atoms with van der Waals surface area (Å²) in [6, 6.07) is 0. The first kappa shape index (κ1) is 14.1. The van der Waals surface area contributed by atoms with Crippen molar-refractivity contribution in [1.29, 1.82) is 0 Å². The fourth-order valence-electron chi connectivity index (χ4n) is 2.46. The molecule has 1 aliphatic rings. The zero-order valence-corrected chi connectivity index (χ0v) is 11.8. The lowest BCUT2D eigenvalue weighted by Crippen LogP contribution is -2.39. The second-order valence-electron chi connectivity index (χ2n) is 5.24. The molecule has 0 bridgehead atoms. The highest BCUT2D eigenvalue weighted by Crippen LogP contribution is 2.09. The molecule has 1 aromatic heterocycles. The number of likely N-dealkylation sites (tertiary alicyclic amines) is 1. The Morgan fingerprint density at radius 3 is 2.68 bits per heavy atom. The first-order valence-corrected chi connectivity index (χ1v) is 7.22. The molecular formula is C14H24N4O. The molecule has 0 unspecified atom stereocenters. The summed E-state index contributed by atoms with van der Waals surface area (Å²) in [6.45, 7) is 3.15. The molecule has 0 radical (unpaired) electrons. The van der Waals surface area contributed by atoms with E-state index in [1.165, 1.54) is 18.4 Å². The van der Waals surface area contributed by atoms with Crippen LogP contribution in [0.25, 0.3) is 0 Å². The van der Waals surface area contributed by atoms with Crippen molar-refractivity contribution in [3.63, 3.8) is 0 Å². The van der Waals surface area contributed by atoms with Gasteiger partial charge >= 0.3 is 0 Å². The third-order valence-corrected chi connectivity index (χ3v) is 3.58. The number of nitrogens with one attached hydrogen (secondary N) is 1. The minimum absolute atomic E-state index is 0.244. The van der Waals surface area contributed by atoms with Gasteiger partial charge in [0.25, 0.3) is 0 Å². The highest BCUT2D eigenvalue weighted by molar-refractivity contribution is 5.78. The molecule has 2 heterocycles. The van der Waals surface area contributed by atoms with Crippen molar-refractivity contribution in [1.82, 2.24) is 20.0 Å². The topological polar surface area (TPSA) is 50.2 Å². The highest BCUT2D eigenvalue weighted by Gasteiger charge is 2.14. The monoisotopic (exact) mass is 264 g/mol. The van der Waals surface area contributed by atoms with Gasteiger partial charge < -0.3 is 10.2 Å². The summed E-state index contributed by atoms with van der Waals surface area (Å²) in [5, 5.41) is 7.36. The predicted molar refractivity (Wildman–Crippen MR) is 74.8 cm³/mol. The van der Waals surface area contributed by atoms with Gasteiger partial charge in [0.15, 0.2) is 0 Å². The van der Waals surface area contributed by atoms with E-state index in [1.54, 1.807) is 4.68 Å². The largest absolute Gasteiger partial charge is 0.342 e. The summed E-state index contributed by atoms with van der Waals surface area (Å²) >= 11 is 0. The molecule has 5 nitrogen and oxygen atoms in total. The first-order chi connectivity index (χ1) is 9.25. The van der Waals surface area contributed by atoms with Crippen molar-refractivity contribution >= 4 is 5.91 Å². The van der Waals surface area contributed by atoms with Crippen LogP contribution >= 0.6 is 0 Å². The van der Waals surface area contributed by atoms with Crippen molar-refractivity contribution in [2.75, 3.05) is 26.2 Å². The molecule has 0 atom stereocenters. The van der Waals surface area contributed by atoms with Crippen LogP contribution in [0.5, 0.6) is 0 Å². The van der Waals surface area contributed by atoms with Crippen LogP contribution in [0.1, 0.15) is 31.2 Å². The van der Waals surface area contributed by atoms with Crippen LogP contribution in [0.15, 0.2) is 12.4 Å². The maximum Gasteiger partial charge on any atom is 0.236 e. The molecule has 19 heavy (non-hydrogen) atoms. The quantitative estimate of drug-likeness (QED) is 0.806. The Labute approximate surface area is 115 Å². The molecule has 0 aliphatic carbocycles. The summed E-state index contributed by atoms with van der Waals surface area (Å²) in [5.74, 6) is 0.244. The van der Waals surface area contributed by atoms with Gasteiger partial charge in [-0.15, -0.1) is 0 Å². The SMILES string of the molecule is Cn1cc(CCNCC(=O)N2CCCCCC2)cn1. The molecule has 1 N–H and O–H groups in total. The van der Waals surface area contributed by atoms with Gasteiger partial charge in [-0.2, -0.15) is 5.10 Å². The fraction of sp³-hybridized carbons (Fsp3) is 0.714.